The molecule has 0 spiro atoms. The number of nitrogens with zero attached hydrogens (tertiary/aromatic N) is 1. The Bertz CT molecular complexity index is 338. The Morgan fingerprint density at radius 3 is 2.73 bits per heavy atom. The quantitative estimate of drug-likeness (QED) is 0.599. The van der Waals surface area contributed by atoms with Gasteiger partial charge in [0.1, 0.15) is 0 Å². The van der Waals surface area contributed by atoms with Crippen LogP contribution in [0.3, 0.4) is 0 Å². The van der Waals surface area contributed by atoms with E-state index in [4.69, 9.17) is 0 Å². The lowest BCUT2D eigenvalue weighted by atomic mass is 10.0. The average Bonchev–Trinajstić information content (AvgIpc) is 2.25. The van der Waals surface area contributed by atoms with Crippen LogP contribution in [0.2, 0.25) is 0 Å². The van der Waals surface area contributed by atoms with Crippen molar-refractivity contribution in [2.45, 2.75) is 32.3 Å². The van der Waals surface area contributed by atoms with E-state index >= 15 is 0 Å². The van der Waals surface area contributed by atoms with Gasteiger partial charge < -0.3 is 5.11 Å². The van der Waals surface area contributed by atoms with Crippen molar-refractivity contribution in [3.63, 3.8) is 0 Å². The summed E-state index contributed by atoms with van der Waals surface area (Å²) in [4.78, 5) is 10.2. The van der Waals surface area contributed by atoms with E-state index in [0.717, 1.165) is 12.8 Å². The monoisotopic (exact) mass is 209 g/mol. The van der Waals surface area contributed by atoms with E-state index in [1.165, 1.54) is 6.07 Å². The Balaban J connectivity index is 2.87. The highest BCUT2D eigenvalue weighted by Crippen LogP contribution is 2.27. The van der Waals surface area contributed by atoms with Crippen LogP contribution in [0.1, 0.15) is 37.9 Å². The SMILES string of the molecule is CCCC[C@@H](O)c1ccccc1[N+](=O)[O-]. The van der Waals surface area contributed by atoms with E-state index in [1.807, 2.05) is 6.92 Å². The topological polar surface area (TPSA) is 63.4 Å². The third kappa shape index (κ3) is 3.02. The molecular formula is C11H15NO3. The first kappa shape index (κ1) is 11.7. The lowest BCUT2D eigenvalue weighted by molar-refractivity contribution is -0.386. The van der Waals surface area contributed by atoms with Crippen molar-refractivity contribution < 1.29 is 10.0 Å². The van der Waals surface area contributed by atoms with Gasteiger partial charge in [0.25, 0.3) is 5.69 Å². The van der Waals surface area contributed by atoms with Crippen LogP contribution in [-0.2, 0) is 0 Å². The van der Waals surface area contributed by atoms with Crippen molar-refractivity contribution in [2.24, 2.45) is 0 Å². The van der Waals surface area contributed by atoms with E-state index < -0.39 is 11.0 Å². The molecule has 0 saturated heterocycles. The molecule has 0 aromatic heterocycles. The first-order chi connectivity index (χ1) is 7.16. The molecule has 0 aliphatic rings. The van der Waals surface area contributed by atoms with Crippen molar-refractivity contribution in [3.05, 3.63) is 39.9 Å². The molecule has 0 saturated carbocycles. The van der Waals surface area contributed by atoms with Gasteiger partial charge in [-0.2, -0.15) is 0 Å². The molecule has 0 bridgehead atoms. The number of aliphatic hydroxyl groups excluding tert-OH is 1. The molecule has 82 valence electrons. The van der Waals surface area contributed by atoms with Crippen LogP contribution >= 0.6 is 0 Å². The van der Waals surface area contributed by atoms with E-state index in [2.05, 4.69) is 0 Å². The summed E-state index contributed by atoms with van der Waals surface area (Å²) in [5.41, 5.74) is 0.414. The van der Waals surface area contributed by atoms with Gasteiger partial charge in [-0.3, -0.25) is 10.1 Å². The summed E-state index contributed by atoms with van der Waals surface area (Å²) in [6.45, 7) is 2.02. The van der Waals surface area contributed by atoms with Crippen LogP contribution in [0.25, 0.3) is 0 Å². The Kier molecular flexibility index (Phi) is 4.24. The van der Waals surface area contributed by atoms with Crippen molar-refractivity contribution in [1.29, 1.82) is 0 Å². The van der Waals surface area contributed by atoms with Gasteiger partial charge in [-0.1, -0.05) is 31.9 Å². The van der Waals surface area contributed by atoms with Crippen molar-refractivity contribution in [2.75, 3.05) is 0 Å². The smallest absolute Gasteiger partial charge is 0.275 e. The molecule has 0 aliphatic heterocycles. The third-order valence-electron chi connectivity index (χ3n) is 2.32. The van der Waals surface area contributed by atoms with Crippen molar-refractivity contribution >= 4 is 5.69 Å². The fourth-order valence-corrected chi connectivity index (χ4v) is 1.49. The number of unbranched alkanes of at least 4 members (excludes halogenated alkanes) is 1. The number of hydrogen-bond acceptors (Lipinski definition) is 3. The van der Waals surface area contributed by atoms with Gasteiger partial charge in [-0.05, 0) is 12.5 Å². The molecule has 0 heterocycles. The first-order valence-corrected chi connectivity index (χ1v) is 5.08. The zero-order chi connectivity index (χ0) is 11.3. The number of hydrogen-bond donors (Lipinski definition) is 1. The molecule has 0 radical (unpaired) electrons. The normalized spacial score (nSPS) is 12.4. The fourth-order valence-electron chi connectivity index (χ4n) is 1.49. The summed E-state index contributed by atoms with van der Waals surface area (Å²) in [5, 5.41) is 20.5. The molecule has 1 atom stereocenters. The van der Waals surface area contributed by atoms with E-state index in [9.17, 15) is 15.2 Å². The van der Waals surface area contributed by atoms with E-state index in [1.54, 1.807) is 18.2 Å². The van der Waals surface area contributed by atoms with Crippen molar-refractivity contribution in [1.82, 2.24) is 0 Å². The molecule has 4 heteroatoms. The minimum absolute atomic E-state index is 0.00102. The second-order valence-corrected chi connectivity index (χ2v) is 3.47. The number of nitro benzene ring substituents is 1. The van der Waals surface area contributed by atoms with Gasteiger partial charge in [0, 0.05) is 6.07 Å². The largest absolute Gasteiger partial charge is 0.388 e. The molecular weight excluding hydrogens is 194 g/mol. The van der Waals surface area contributed by atoms with Crippen LogP contribution in [0.4, 0.5) is 5.69 Å². The van der Waals surface area contributed by atoms with Gasteiger partial charge in [0.05, 0.1) is 16.6 Å². The molecule has 0 aliphatic carbocycles. The number of para-hydroxylation sites is 1. The number of aliphatic hydroxyl groups is 1. The zero-order valence-electron chi connectivity index (χ0n) is 8.72. The lowest BCUT2D eigenvalue weighted by Gasteiger charge is -2.10. The van der Waals surface area contributed by atoms with Crippen molar-refractivity contribution in [3.8, 4) is 0 Å². The summed E-state index contributed by atoms with van der Waals surface area (Å²) in [7, 11) is 0. The predicted molar refractivity (Wildman–Crippen MR) is 57.6 cm³/mol. The highest BCUT2D eigenvalue weighted by atomic mass is 16.6. The molecule has 1 rings (SSSR count). The Labute approximate surface area is 88.7 Å². The van der Waals surface area contributed by atoms with Crippen LogP contribution in [0, 0.1) is 10.1 Å². The molecule has 0 amide bonds. The Morgan fingerprint density at radius 2 is 2.13 bits per heavy atom. The summed E-state index contributed by atoms with van der Waals surface area (Å²) in [6, 6.07) is 6.34. The second kappa shape index (κ2) is 5.46. The third-order valence-corrected chi connectivity index (χ3v) is 2.32. The van der Waals surface area contributed by atoms with E-state index in [-0.39, 0.29) is 5.69 Å². The standard InChI is InChI=1S/C11H15NO3/c1-2-3-8-11(13)9-6-4-5-7-10(9)12(14)15/h4-7,11,13H,2-3,8H2,1H3/t11-/m1/s1. The van der Waals surface area contributed by atoms with Gasteiger partial charge in [-0.25, -0.2) is 0 Å². The van der Waals surface area contributed by atoms with Crippen LogP contribution in [0.15, 0.2) is 24.3 Å². The maximum atomic E-state index is 10.7. The average molecular weight is 209 g/mol. The fraction of sp³-hybridized carbons (Fsp3) is 0.455. The zero-order valence-corrected chi connectivity index (χ0v) is 8.72. The van der Waals surface area contributed by atoms with Gasteiger partial charge >= 0.3 is 0 Å². The van der Waals surface area contributed by atoms with Crippen LogP contribution in [0.5, 0.6) is 0 Å². The highest BCUT2D eigenvalue weighted by molar-refractivity contribution is 5.41. The molecule has 1 aromatic rings. The number of benzene rings is 1. The van der Waals surface area contributed by atoms with Gasteiger partial charge in [0.15, 0.2) is 0 Å². The Hall–Kier alpha value is -1.42. The summed E-state index contributed by atoms with van der Waals surface area (Å²) < 4.78 is 0. The summed E-state index contributed by atoms with van der Waals surface area (Å²) in [5.74, 6) is 0. The van der Waals surface area contributed by atoms with E-state index in [0.29, 0.717) is 12.0 Å². The molecule has 1 N–H and O–H groups in total. The summed E-state index contributed by atoms with van der Waals surface area (Å²) in [6.07, 6.45) is 1.68. The highest BCUT2D eigenvalue weighted by Gasteiger charge is 2.18. The second-order valence-electron chi connectivity index (χ2n) is 3.47. The number of nitro groups is 1. The minimum Gasteiger partial charge on any atom is -0.388 e. The maximum Gasteiger partial charge on any atom is 0.275 e. The lowest BCUT2D eigenvalue weighted by Crippen LogP contribution is -2.02. The minimum atomic E-state index is -0.730. The molecule has 0 unspecified atom stereocenters. The molecule has 1 aromatic carbocycles. The molecule has 0 fully saturated rings. The number of rotatable bonds is 5. The molecule has 15 heavy (non-hydrogen) atoms. The summed E-state index contributed by atoms with van der Waals surface area (Å²) >= 11 is 0. The van der Waals surface area contributed by atoms with Crippen LogP contribution in [-0.4, -0.2) is 10.0 Å². The maximum absolute atomic E-state index is 10.7. The molecule has 4 nitrogen and oxygen atoms in total. The van der Waals surface area contributed by atoms with Gasteiger partial charge in [0.2, 0.25) is 0 Å². The Morgan fingerprint density at radius 1 is 1.47 bits per heavy atom. The predicted octanol–water partition coefficient (Wildman–Crippen LogP) is 2.82. The van der Waals surface area contributed by atoms with Gasteiger partial charge in [-0.15, -0.1) is 0 Å². The van der Waals surface area contributed by atoms with Crippen LogP contribution < -0.4 is 0 Å². The first-order valence-electron chi connectivity index (χ1n) is 5.08.